The minimum absolute atomic E-state index is 0.00141. The Balaban J connectivity index is 1.79. The molecular formula is C21H23FN2O5. The molecule has 7 nitrogen and oxygen atoms in total. The van der Waals surface area contributed by atoms with E-state index < -0.39 is 23.5 Å². The van der Waals surface area contributed by atoms with E-state index in [0.29, 0.717) is 30.6 Å². The fourth-order valence-corrected chi connectivity index (χ4v) is 2.97. The number of nitrogens with zero attached hydrogens (tertiary/aromatic N) is 2. The number of hydrogen-bond acceptors (Lipinski definition) is 5. The third kappa shape index (κ3) is 5.22. The van der Waals surface area contributed by atoms with E-state index in [1.165, 1.54) is 36.5 Å². The predicted molar refractivity (Wildman–Crippen MR) is 103 cm³/mol. The van der Waals surface area contributed by atoms with Crippen molar-refractivity contribution in [3.05, 3.63) is 47.9 Å². The summed E-state index contributed by atoms with van der Waals surface area (Å²) in [6.45, 7) is 6.23. The number of hydrogen-bond donors (Lipinski definition) is 1. The van der Waals surface area contributed by atoms with Crippen molar-refractivity contribution in [2.24, 2.45) is 0 Å². The second kappa shape index (κ2) is 8.06. The van der Waals surface area contributed by atoms with Crippen molar-refractivity contribution in [2.45, 2.75) is 38.9 Å². The Labute approximate surface area is 168 Å². The van der Waals surface area contributed by atoms with Gasteiger partial charge in [-0.2, -0.15) is 0 Å². The summed E-state index contributed by atoms with van der Waals surface area (Å²) >= 11 is 0. The zero-order valence-corrected chi connectivity index (χ0v) is 16.5. The lowest BCUT2D eigenvalue weighted by molar-refractivity contribution is 0.0274. The Morgan fingerprint density at radius 2 is 1.93 bits per heavy atom. The molecule has 1 aliphatic heterocycles. The molecule has 0 saturated carbocycles. The van der Waals surface area contributed by atoms with Crippen molar-refractivity contribution in [2.75, 3.05) is 13.1 Å². The van der Waals surface area contributed by atoms with Crippen molar-refractivity contribution < 1.29 is 28.6 Å². The van der Waals surface area contributed by atoms with Crippen LogP contribution in [0.3, 0.4) is 0 Å². The molecule has 1 atom stereocenters. The molecule has 0 unspecified atom stereocenters. The number of pyridine rings is 1. The van der Waals surface area contributed by atoms with E-state index in [1.807, 2.05) is 0 Å². The van der Waals surface area contributed by atoms with Gasteiger partial charge in [-0.05, 0) is 44.5 Å². The number of aromatic nitrogens is 1. The lowest BCUT2D eigenvalue weighted by Crippen LogP contribution is -2.36. The highest BCUT2D eigenvalue weighted by Gasteiger charge is 2.31. The Morgan fingerprint density at radius 1 is 1.24 bits per heavy atom. The maximum absolute atomic E-state index is 13.3. The van der Waals surface area contributed by atoms with E-state index in [9.17, 15) is 19.1 Å². The van der Waals surface area contributed by atoms with Crippen molar-refractivity contribution in [3.63, 3.8) is 0 Å². The van der Waals surface area contributed by atoms with Crippen LogP contribution in [0.2, 0.25) is 0 Å². The van der Waals surface area contributed by atoms with Gasteiger partial charge in [-0.3, -0.25) is 0 Å². The average Bonchev–Trinajstić information content (AvgIpc) is 3.10. The molecule has 0 aliphatic carbocycles. The third-order valence-electron chi connectivity index (χ3n) is 4.33. The van der Waals surface area contributed by atoms with Crippen molar-refractivity contribution in [3.8, 4) is 17.0 Å². The number of benzene rings is 1. The standard InChI is InChI=1S/C21H23FN2O5/c1-21(2,3)29-20(27)24-9-8-16(12-24)28-18-17(10-14(11-23-18)19(25)26)13-4-6-15(22)7-5-13/h4-7,10-11,16H,8-9,12H2,1-3H3,(H,25,26)/t16-/m0/s1. The van der Waals surface area contributed by atoms with Crippen LogP contribution in [-0.4, -0.2) is 51.8 Å². The van der Waals surface area contributed by atoms with Gasteiger partial charge < -0.3 is 19.5 Å². The zero-order valence-electron chi connectivity index (χ0n) is 16.5. The van der Waals surface area contributed by atoms with Crippen LogP contribution in [-0.2, 0) is 4.74 Å². The van der Waals surface area contributed by atoms with Gasteiger partial charge in [0.25, 0.3) is 0 Å². The molecule has 1 aromatic carbocycles. The monoisotopic (exact) mass is 402 g/mol. The summed E-state index contributed by atoms with van der Waals surface area (Å²) in [5, 5.41) is 9.27. The number of carboxylic acids is 1. The van der Waals surface area contributed by atoms with Crippen molar-refractivity contribution >= 4 is 12.1 Å². The van der Waals surface area contributed by atoms with Gasteiger partial charge in [0.05, 0.1) is 12.1 Å². The first-order valence-corrected chi connectivity index (χ1v) is 9.26. The van der Waals surface area contributed by atoms with Crippen LogP contribution in [0.5, 0.6) is 5.88 Å². The number of likely N-dealkylation sites (tertiary alicyclic amines) is 1. The molecule has 2 aromatic rings. The molecule has 1 aromatic heterocycles. The molecule has 1 amide bonds. The number of aromatic carboxylic acids is 1. The number of carbonyl (C=O) groups is 2. The zero-order chi connectivity index (χ0) is 21.2. The first-order chi connectivity index (χ1) is 13.6. The van der Waals surface area contributed by atoms with Crippen LogP contribution in [0.25, 0.3) is 11.1 Å². The molecule has 8 heteroatoms. The summed E-state index contributed by atoms with van der Waals surface area (Å²) < 4.78 is 24.7. The van der Waals surface area contributed by atoms with Crippen LogP contribution in [0.15, 0.2) is 36.5 Å². The van der Waals surface area contributed by atoms with Crippen molar-refractivity contribution in [1.82, 2.24) is 9.88 Å². The molecule has 0 radical (unpaired) electrons. The second-order valence-electron chi connectivity index (χ2n) is 7.84. The number of rotatable bonds is 4. The van der Waals surface area contributed by atoms with Gasteiger partial charge in [0.2, 0.25) is 5.88 Å². The van der Waals surface area contributed by atoms with Crippen LogP contribution in [0.1, 0.15) is 37.6 Å². The number of halogens is 1. The fourth-order valence-electron chi connectivity index (χ4n) is 2.97. The Bertz CT molecular complexity index is 908. The number of ether oxygens (including phenoxy) is 2. The van der Waals surface area contributed by atoms with E-state index in [1.54, 1.807) is 25.7 Å². The van der Waals surface area contributed by atoms with E-state index in [-0.39, 0.29) is 17.5 Å². The number of carboxylic acid groups (broad SMARTS) is 1. The third-order valence-corrected chi connectivity index (χ3v) is 4.33. The van der Waals surface area contributed by atoms with E-state index in [0.717, 1.165) is 0 Å². The summed E-state index contributed by atoms with van der Waals surface area (Å²) in [7, 11) is 0. The largest absolute Gasteiger partial charge is 0.478 e. The van der Waals surface area contributed by atoms with Gasteiger partial charge in [0.15, 0.2) is 0 Å². The van der Waals surface area contributed by atoms with Gasteiger partial charge in [-0.1, -0.05) is 12.1 Å². The van der Waals surface area contributed by atoms with Crippen LogP contribution in [0, 0.1) is 5.82 Å². The first kappa shape index (κ1) is 20.6. The highest BCUT2D eigenvalue weighted by molar-refractivity contribution is 5.89. The van der Waals surface area contributed by atoms with Gasteiger partial charge in [-0.15, -0.1) is 0 Å². The fraction of sp³-hybridized carbons (Fsp3) is 0.381. The number of carbonyl (C=O) groups excluding carboxylic acids is 1. The smallest absolute Gasteiger partial charge is 0.410 e. The minimum atomic E-state index is -1.12. The summed E-state index contributed by atoms with van der Waals surface area (Å²) in [6.07, 6.45) is 1.08. The molecule has 1 aliphatic rings. The Morgan fingerprint density at radius 3 is 2.55 bits per heavy atom. The molecule has 29 heavy (non-hydrogen) atoms. The summed E-state index contributed by atoms with van der Waals surface area (Å²) in [5.74, 6) is -1.29. The van der Waals surface area contributed by atoms with Crippen LogP contribution in [0.4, 0.5) is 9.18 Å². The highest BCUT2D eigenvalue weighted by atomic mass is 19.1. The quantitative estimate of drug-likeness (QED) is 0.832. The summed E-state index contributed by atoms with van der Waals surface area (Å²) in [5.41, 5.74) is 0.443. The Hall–Kier alpha value is -3.16. The number of amides is 1. The van der Waals surface area contributed by atoms with E-state index in [2.05, 4.69) is 4.98 Å². The summed E-state index contributed by atoms with van der Waals surface area (Å²) in [4.78, 5) is 29.3. The van der Waals surface area contributed by atoms with Crippen LogP contribution >= 0.6 is 0 Å². The molecule has 2 heterocycles. The van der Waals surface area contributed by atoms with Gasteiger partial charge >= 0.3 is 12.1 Å². The maximum atomic E-state index is 13.3. The molecule has 1 fully saturated rings. The van der Waals surface area contributed by atoms with Crippen molar-refractivity contribution in [1.29, 1.82) is 0 Å². The molecule has 154 valence electrons. The highest BCUT2D eigenvalue weighted by Crippen LogP contribution is 2.31. The normalized spacial score (nSPS) is 16.6. The molecule has 0 spiro atoms. The SMILES string of the molecule is CC(C)(C)OC(=O)N1CC[C@H](Oc2ncc(C(=O)O)cc2-c2ccc(F)cc2)C1. The Kier molecular flexibility index (Phi) is 5.72. The van der Waals surface area contributed by atoms with E-state index in [4.69, 9.17) is 9.47 Å². The molecular weight excluding hydrogens is 379 g/mol. The summed E-state index contributed by atoms with van der Waals surface area (Å²) in [6, 6.07) is 7.08. The molecule has 3 rings (SSSR count). The van der Waals surface area contributed by atoms with Crippen LogP contribution < -0.4 is 4.74 Å². The molecule has 1 saturated heterocycles. The predicted octanol–water partition coefficient (Wildman–Crippen LogP) is 3.97. The minimum Gasteiger partial charge on any atom is -0.478 e. The van der Waals surface area contributed by atoms with Gasteiger partial charge in [-0.25, -0.2) is 19.0 Å². The van der Waals surface area contributed by atoms with Gasteiger partial charge in [0.1, 0.15) is 17.5 Å². The molecule has 1 N–H and O–H groups in total. The maximum Gasteiger partial charge on any atom is 0.410 e. The average molecular weight is 402 g/mol. The van der Waals surface area contributed by atoms with Gasteiger partial charge in [0, 0.05) is 24.7 Å². The lowest BCUT2D eigenvalue weighted by Gasteiger charge is -2.24. The molecule has 0 bridgehead atoms. The lowest BCUT2D eigenvalue weighted by atomic mass is 10.1. The topological polar surface area (TPSA) is 89.0 Å². The van der Waals surface area contributed by atoms with E-state index >= 15 is 0 Å². The first-order valence-electron chi connectivity index (χ1n) is 9.26. The second-order valence-corrected chi connectivity index (χ2v) is 7.84.